The molecule has 0 aliphatic carbocycles. The van der Waals surface area contributed by atoms with E-state index in [1.54, 1.807) is 0 Å². The van der Waals surface area contributed by atoms with Crippen molar-refractivity contribution in [3.63, 3.8) is 0 Å². The van der Waals surface area contributed by atoms with Gasteiger partial charge in [0.15, 0.2) is 5.70 Å². The van der Waals surface area contributed by atoms with Crippen LogP contribution in [0.5, 0.6) is 5.75 Å². The van der Waals surface area contributed by atoms with E-state index >= 15 is 0 Å². The summed E-state index contributed by atoms with van der Waals surface area (Å²) in [5, 5.41) is 0. The molecule has 0 aromatic heterocycles. The van der Waals surface area contributed by atoms with Gasteiger partial charge in [0.25, 0.3) is 0 Å². The monoisotopic (exact) mass is 407 g/mol. The minimum absolute atomic E-state index is 0. The molecule has 29 heavy (non-hydrogen) atoms. The maximum atomic E-state index is 6.01. The molecule has 0 bridgehead atoms. The molecule has 148 valence electrons. The first-order chi connectivity index (χ1) is 13.9. The molecule has 0 radical (unpaired) electrons. The molecule has 3 aliphatic rings. The quantitative estimate of drug-likeness (QED) is 0.741. The van der Waals surface area contributed by atoms with Crippen molar-refractivity contribution in [2.24, 2.45) is 15.9 Å². The highest BCUT2D eigenvalue weighted by atomic mass is 35.5. The number of fused-ring (bicyclic) bond motifs is 1. The molecule has 5 nitrogen and oxygen atoms in total. The fraction of sp³-hybridized carbons (Fsp3) is 0.217. The van der Waals surface area contributed by atoms with Crippen LogP contribution in [0.3, 0.4) is 0 Å². The van der Waals surface area contributed by atoms with Gasteiger partial charge in [-0.05, 0) is 30.2 Å². The van der Waals surface area contributed by atoms with E-state index in [0.717, 1.165) is 58.6 Å². The van der Waals surface area contributed by atoms with Crippen LogP contribution < -0.4 is 22.0 Å². The Morgan fingerprint density at radius 3 is 2.83 bits per heavy atom. The van der Waals surface area contributed by atoms with Crippen molar-refractivity contribution in [1.82, 2.24) is 0 Å². The average molecular weight is 408 g/mol. The third kappa shape index (κ3) is 4.03. The number of quaternary nitrogens is 1. The minimum Gasteiger partial charge on any atom is -1.00 e. The number of hydrogen-bond acceptors (Lipinski definition) is 4. The van der Waals surface area contributed by atoms with E-state index in [1.165, 1.54) is 0 Å². The highest BCUT2D eigenvalue weighted by molar-refractivity contribution is 5.98. The highest BCUT2D eigenvalue weighted by Crippen LogP contribution is 2.27. The fourth-order valence-electron chi connectivity index (χ4n) is 3.80. The van der Waals surface area contributed by atoms with Crippen molar-refractivity contribution in [1.29, 1.82) is 0 Å². The lowest BCUT2D eigenvalue weighted by molar-refractivity contribution is -0.689. The number of nitrogens with zero attached hydrogens (tertiary/aromatic N) is 2. The number of benzene rings is 2. The smallest absolute Gasteiger partial charge is 0.243 e. The maximum Gasteiger partial charge on any atom is 0.243 e. The van der Waals surface area contributed by atoms with Crippen molar-refractivity contribution >= 4 is 12.1 Å². The van der Waals surface area contributed by atoms with E-state index in [-0.39, 0.29) is 12.4 Å². The van der Waals surface area contributed by atoms with Crippen molar-refractivity contribution < 1.29 is 26.8 Å². The van der Waals surface area contributed by atoms with Crippen LogP contribution in [0, 0.1) is 5.92 Å². The van der Waals surface area contributed by atoms with Crippen LogP contribution in [0.15, 0.2) is 88.4 Å². The van der Waals surface area contributed by atoms with E-state index in [4.69, 9.17) is 14.5 Å². The lowest BCUT2D eigenvalue weighted by atomic mass is 10.0. The van der Waals surface area contributed by atoms with Gasteiger partial charge in [0.05, 0.1) is 24.6 Å². The zero-order valence-electron chi connectivity index (χ0n) is 15.9. The second-order valence-corrected chi connectivity index (χ2v) is 7.13. The van der Waals surface area contributed by atoms with Gasteiger partial charge in [-0.15, -0.1) is 0 Å². The van der Waals surface area contributed by atoms with Crippen LogP contribution in [0.2, 0.25) is 0 Å². The van der Waals surface area contributed by atoms with Crippen LogP contribution in [-0.2, 0) is 11.3 Å². The lowest BCUT2D eigenvalue weighted by Crippen LogP contribution is -3.08. The van der Waals surface area contributed by atoms with Gasteiger partial charge >= 0.3 is 0 Å². The fourth-order valence-corrected chi connectivity index (χ4v) is 3.80. The standard InChI is InChI=1S/C23H21N3O2.ClH/c1-2-5-17(6-3-1)15-28-20-8-4-7-18(13-20)23-25-22(19-9-12-27-16-19)21-14-24-10-11-26(21)23;/h1-8,10-11,13-14,19H,9,12,15-16H2;1H. The van der Waals surface area contributed by atoms with Crippen LogP contribution in [0.1, 0.15) is 17.5 Å². The van der Waals surface area contributed by atoms with Crippen molar-refractivity contribution in [2.45, 2.75) is 13.0 Å². The summed E-state index contributed by atoms with van der Waals surface area (Å²) in [6.45, 7) is 2.09. The Kier molecular flexibility index (Phi) is 5.90. The first-order valence-electron chi connectivity index (χ1n) is 9.64. The van der Waals surface area contributed by atoms with Gasteiger partial charge in [0.2, 0.25) is 5.84 Å². The van der Waals surface area contributed by atoms with Gasteiger partial charge in [-0.1, -0.05) is 36.4 Å². The normalized spacial score (nSPS) is 22.3. The summed E-state index contributed by atoms with van der Waals surface area (Å²) < 4.78 is 11.6. The summed E-state index contributed by atoms with van der Waals surface area (Å²) in [5.74, 6) is 2.18. The van der Waals surface area contributed by atoms with Gasteiger partial charge < -0.3 is 21.9 Å². The van der Waals surface area contributed by atoms with E-state index in [9.17, 15) is 0 Å². The van der Waals surface area contributed by atoms with Crippen LogP contribution in [0.4, 0.5) is 0 Å². The molecule has 2 aromatic rings. The third-order valence-corrected chi connectivity index (χ3v) is 5.26. The largest absolute Gasteiger partial charge is 1.00 e. The van der Waals surface area contributed by atoms with Gasteiger partial charge in [-0.25, -0.2) is 4.90 Å². The van der Waals surface area contributed by atoms with Crippen LogP contribution in [0.25, 0.3) is 0 Å². The molecule has 0 saturated carbocycles. The number of rotatable bonds is 5. The number of aliphatic imine (C=N–C) groups is 2. The SMILES string of the molecule is C1=C[NH+]2C(c3cccc(OCc4ccccc4)c3)=NC(C3CCOC3)=C2C=N1.[Cl-]. The highest BCUT2D eigenvalue weighted by Gasteiger charge is 2.37. The minimum atomic E-state index is 0. The number of nitrogens with one attached hydrogen (secondary N) is 1. The summed E-state index contributed by atoms with van der Waals surface area (Å²) in [7, 11) is 0. The van der Waals surface area contributed by atoms with E-state index in [0.29, 0.717) is 12.5 Å². The van der Waals surface area contributed by atoms with Gasteiger partial charge in [-0.3, -0.25) is 4.99 Å². The molecule has 0 amide bonds. The van der Waals surface area contributed by atoms with Crippen molar-refractivity contribution in [3.05, 3.63) is 89.5 Å². The predicted molar refractivity (Wildman–Crippen MR) is 108 cm³/mol. The summed E-state index contributed by atoms with van der Waals surface area (Å²) in [6.07, 6.45) is 6.82. The lowest BCUT2D eigenvalue weighted by Gasteiger charge is -2.14. The summed E-state index contributed by atoms with van der Waals surface area (Å²) in [4.78, 5) is 10.5. The molecule has 6 heteroatoms. The molecule has 2 aromatic carbocycles. The topological polar surface area (TPSA) is 47.6 Å². The van der Waals surface area contributed by atoms with Crippen LogP contribution in [-0.4, -0.2) is 25.3 Å². The molecule has 0 spiro atoms. The molecule has 5 rings (SSSR count). The zero-order valence-corrected chi connectivity index (χ0v) is 16.7. The molecular weight excluding hydrogens is 386 g/mol. The third-order valence-electron chi connectivity index (χ3n) is 5.26. The van der Waals surface area contributed by atoms with E-state index in [2.05, 4.69) is 35.5 Å². The van der Waals surface area contributed by atoms with Gasteiger partial charge in [0.1, 0.15) is 24.3 Å². The first kappa shape index (κ1) is 19.6. The molecule has 1 fully saturated rings. The molecule has 2 unspecified atom stereocenters. The number of halogens is 1. The second kappa shape index (κ2) is 8.74. The number of allylic oxidation sites excluding steroid dienone is 1. The number of hydrogen-bond donors (Lipinski definition) is 1. The Bertz CT molecular complexity index is 992. The second-order valence-electron chi connectivity index (χ2n) is 7.13. The summed E-state index contributed by atoms with van der Waals surface area (Å²) in [6, 6.07) is 18.4. The molecule has 3 aliphatic heterocycles. The Morgan fingerprint density at radius 1 is 1.10 bits per heavy atom. The van der Waals surface area contributed by atoms with Gasteiger partial charge in [-0.2, -0.15) is 4.99 Å². The van der Waals surface area contributed by atoms with Crippen LogP contribution >= 0.6 is 0 Å². The van der Waals surface area contributed by atoms with Crippen molar-refractivity contribution in [2.75, 3.05) is 13.2 Å². The van der Waals surface area contributed by atoms with E-state index in [1.807, 2.05) is 42.7 Å². The van der Waals surface area contributed by atoms with E-state index < -0.39 is 0 Å². The Hall–Kier alpha value is -2.73. The Labute approximate surface area is 176 Å². The summed E-state index contributed by atoms with van der Waals surface area (Å²) >= 11 is 0. The molecule has 3 heterocycles. The molecular formula is C23H22ClN3O2. The number of ether oxygens (including phenoxy) is 2. The molecule has 1 saturated heterocycles. The average Bonchev–Trinajstić information content (AvgIpc) is 3.41. The van der Waals surface area contributed by atoms with Gasteiger partial charge in [0, 0.05) is 12.5 Å². The predicted octanol–water partition coefficient (Wildman–Crippen LogP) is -0.282. The first-order valence-corrected chi connectivity index (χ1v) is 9.64. The summed E-state index contributed by atoms with van der Waals surface area (Å²) in [5.41, 5.74) is 4.45. The molecule has 2 atom stereocenters. The van der Waals surface area contributed by atoms with Crippen molar-refractivity contribution in [3.8, 4) is 5.75 Å². The Balaban J connectivity index is 0.00000205. The maximum absolute atomic E-state index is 6.01. The molecule has 1 N–H and O–H groups in total. The zero-order chi connectivity index (χ0) is 18.8. The Morgan fingerprint density at radius 2 is 2.00 bits per heavy atom. The number of amidine groups is 1.